The van der Waals surface area contributed by atoms with E-state index in [0.717, 1.165) is 24.0 Å². The highest BCUT2D eigenvalue weighted by atomic mass is 16.4. The number of hydrogen-bond donors (Lipinski definition) is 1. The third kappa shape index (κ3) is 4.92. The molecule has 0 aliphatic carbocycles. The molecular formula is C19H26N6O3. The fourth-order valence-electron chi connectivity index (χ4n) is 3.50. The first-order valence-electron chi connectivity index (χ1n) is 9.54. The largest absolute Gasteiger partial charge is 0.480 e. The van der Waals surface area contributed by atoms with Gasteiger partial charge < -0.3 is 10.0 Å². The summed E-state index contributed by atoms with van der Waals surface area (Å²) in [6, 6.07) is 8.02. The molecule has 2 heterocycles. The number of carboxylic acid groups (broad SMARTS) is 1. The van der Waals surface area contributed by atoms with Gasteiger partial charge in [0.05, 0.1) is 6.54 Å². The lowest BCUT2D eigenvalue weighted by atomic mass is 10.0. The second kappa shape index (κ2) is 8.92. The Labute approximate surface area is 163 Å². The van der Waals surface area contributed by atoms with E-state index in [9.17, 15) is 9.59 Å². The molecule has 150 valence electrons. The van der Waals surface area contributed by atoms with Crippen LogP contribution in [0, 0.1) is 6.92 Å². The van der Waals surface area contributed by atoms with Crippen LogP contribution in [0.15, 0.2) is 24.3 Å². The number of amides is 1. The smallest absolute Gasteiger partial charge is 0.317 e. The summed E-state index contributed by atoms with van der Waals surface area (Å²) in [7, 11) is 0. The maximum absolute atomic E-state index is 12.6. The van der Waals surface area contributed by atoms with Gasteiger partial charge >= 0.3 is 5.97 Å². The first-order valence-corrected chi connectivity index (χ1v) is 9.54. The Balaban J connectivity index is 1.53. The van der Waals surface area contributed by atoms with Gasteiger partial charge in [-0.05, 0) is 31.5 Å². The number of carbonyl (C=O) groups excluding carboxylic acids is 1. The van der Waals surface area contributed by atoms with Crippen molar-refractivity contribution in [3.8, 4) is 11.4 Å². The Kier molecular flexibility index (Phi) is 6.35. The van der Waals surface area contributed by atoms with E-state index in [-0.39, 0.29) is 25.0 Å². The number of rotatable bonds is 7. The van der Waals surface area contributed by atoms with Crippen molar-refractivity contribution in [3.05, 3.63) is 29.8 Å². The molecule has 28 heavy (non-hydrogen) atoms. The van der Waals surface area contributed by atoms with Crippen molar-refractivity contribution in [1.29, 1.82) is 0 Å². The van der Waals surface area contributed by atoms with E-state index in [4.69, 9.17) is 5.11 Å². The molecular weight excluding hydrogens is 360 g/mol. The zero-order valence-corrected chi connectivity index (χ0v) is 16.3. The zero-order valence-electron chi connectivity index (χ0n) is 16.3. The van der Waals surface area contributed by atoms with Gasteiger partial charge in [0.15, 0.2) is 0 Å². The Morgan fingerprint density at radius 1 is 1.21 bits per heavy atom. The Hall–Kier alpha value is -2.81. The number of carbonyl (C=O) groups is 2. The fourth-order valence-corrected chi connectivity index (χ4v) is 3.50. The van der Waals surface area contributed by atoms with Gasteiger partial charge in [0, 0.05) is 24.7 Å². The van der Waals surface area contributed by atoms with Gasteiger partial charge in [0.1, 0.15) is 6.54 Å². The van der Waals surface area contributed by atoms with Gasteiger partial charge in [0.25, 0.3) is 0 Å². The van der Waals surface area contributed by atoms with Crippen LogP contribution in [0.2, 0.25) is 0 Å². The number of aryl methyl sites for hydroxylation is 1. The second-order valence-electron chi connectivity index (χ2n) is 7.08. The number of benzene rings is 1. The molecule has 0 unspecified atom stereocenters. The highest BCUT2D eigenvalue weighted by molar-refractivity contribution is 5.76. The topological polar surface area (TPSA) is 104 Å². The first kappa shape index (κ1) is 19.9. The van der Waals surface area contributed by atoms with Crippen molar-refractivity contribution in [2.45, 2.75) is 39.3 Å². The monoisotopic (exact) mass is 386 g/mol. The summed E-state index contributed by atoms with van der Waals surface area (Å²) in [5, 5.41) is 21.4. The third-order valence-electron chi connectivity index (χ3n) is 5.12. The Morgan fingerprint density at radius 2 is 1.89 bits per heavy atom. The highest BCUT2D eigenvalue weighted by Crippen LogP contribution is 2.17. The molecule has 1 amide bonds. The molecule has 3 rings (SSSR count). The van der Waals surface area contributed by atoms with Gasteiger partial charge in [-0.25, -0.2) is 0 Å². The lowest BCUT2D eigenvalue weighted by molar-refractivity contribution is -0.140. The van der Waals surface area contributed by atoms with Gasteiger partial charge in [-0.3, -0.25) is 14.5 Å². The van der Waals surface area contributed by atoms with Gasteiger partial charge in [0.2, 0.25) is 11.7 Å². The van der Waals surface area contributed by atoms with Gasteiger partial charge in [-0.15, -0.1) is 10.2 Å². The van der Waals surface area contributed by atoms with E-state index in [0.29, 0.717) is 25.5 Å². The van der Waals surface area contributed by atoms with Crippen molar-refractivity contribution in [3.63, 3.8) is 0 Å². The first-order chi connectivity index (χ1) is 13.5. The summed E-state index contributed by atoms with van der Waals surface area (Å²) in [6.45, 7) is 5.98. The van der Waals surface area contributed by atoms with Crippen molar-refractivity contribution < 1.29 is 14.7 Å². The van der Waals surface area contributed by atoms with Crippen molar-refractivity contribution in [2.75, 3.05) is 26.2 Å². The molecule has 1 aromatic carbocycles. The number of piperidine rings is 1. The summed E-state index contributed by atoms with van der Waals surface area (Å²) >= 11 is 0. The molecule has 2 aromatic rings. The number of likely N-dealkylation sites (N-methyl/N-ethyl adjacent to an activating group) is 1. The quantitative estimate of drug-likeness (QED) is 0.758. The molecule has 1 aliphatic rings. The van der Waals surface area contributed by atoms with E-state index in [1.165, 1.54) is 4.80 Å². The maximum atomic E-state index is 12.6. The minimum atomic E-state index is -0.818. The summed E-state index contributed by atoms with van der Waals surface area (Å²) in [4.78, 5) is 28.6. The molecule has 0 atom stereocenters. The SMILES string of the molecule is CCN(CC(=O)O)C1CCN(C(=O)Cn2nnc(-c3ccc(C)cc3)n2)CC1. The molecule has 9 heteroatoms. The van der Waals surface area contributed by atoms with E-state index >= 15 is 0 Å². The van der Waals surface area contributed by atoms with E-state index < -0.39 is 5.97 Å². The average Bonchev–Trinajstić information content (AvgIpc) is 3.15. The molecule has 1 fully saturated rings. The average molecular weight is 386 g/mol. The maximum Gasteiger partial charge on any atom is 0.317 e. The molecule has 9 nitrogen and oxygen atoms in total. The molecule has 1 aromatic heterocycles. The fraction of sp³-hybridized carbons (Fsp3) is 0.526. The van der Waals surface area contributed by atoms with Crippen LogP contribution >= 0.6 is 0 Å². The number of tetrazole rings is 1. The molecule has 1 N–H and O–H groups in total. The van der Waals surface area contributed by atoms with Crippen LogP contribution < -0.4 is 0 Å². The molecule has 1 aliphatic heterocycles. The predicted molar refractivity (Wildman–Crippen MR) is 102 cm³/mol. The summed E-state index contributed by atoms with van der Waals surface area (Å²) in [5.74, 6) is -0.367. The Bertz CT molecular complexity index is 811. The standard InChI is InChI=1S/C19H26N6O3/c1-3-23(13-18(27)28)16-8-10-24(11-9-16)17(26)12-25-21-19(20-22-25)15-6-4-14(2)5-7-15/h4-7,16H,3,8-13H2,1-2H3,(H,27,28). The van der Waals surface area contributed by atoms with Crippen molar-refractivity contribution in [2.24, 2.45) is 0 Å². The highest BCUT2D eigenvalue weighted by Gasteiger charge is 2.27. The second-order valence-corrected chi connectivity index (χ2v) is 7.08. The van der Waals surface area contributed by atoms with E-state index in [1.807, 2.05) is 43.0 Å². The molecule has 0 spiro atoms. The lowest BCUT2D eigenvalue weighted by Gasteiger charge is -2.37. The van der Waals surface area contributed by atoms with Crippen LogP contribution in [0.3, 0.4) is 0 Å². The van der Waals surface area contributed by atoms with Gasteiger partial charge in [-0.2, -0.15) is 4.80 Å². The number of carboxylic acids is 1. The summed E-state index contributed by atoms with van der Waals surface area (Å²) < 4.78 is 0. The predicted octanol–water partition coefficient (Wildman–Crippen LogP) is 1.05. The number of aromatic nitrogens is 4. The normalized spacial score (nSPS) is 15.2. The zero-order chi connectivity index (χ0) is 20.1. The summed E-state index contributed by atoms with van der Waals surface area (Å²) in [5.41, 5.74) is 2.02. The number of hydrogen-bond acceptors (Lipinski definition) is 6. The minimum Gasteiger partial charge on any atom is -0.480 e. The van der Waals surface area contributed by atoms with Crippen LogP contribution in [0.4, 0.5) is 0 Å². The van der Waals surface area contributed by atoms with E-state index in [2.05, 4.69) is 15.4 Å². The van der Waals surface area contributed by atoms with Crippen LogP contribution in [-0.4, -0.2) is 79.2 Å². The molecule has 0 radical (unpaired) electrons. The number of aliphatic carboxylic acids is 1. The Morgan fingerprint density at radius 3 is 2.50 bits per heavy atom. The van der Waals surface area contributed by atoms with Crippen LogP contribution in [0.25, 0.3) is 11.4 Å². The molecule has 0 bridgehead atoms. The molecule has 1 saturated heterocycles. The van der Waals surface area contributed by atoms with Crippen molar-refractivity contribution in [1.82, 2.24) is 30.0 Å². The minimum absolute atomic E-state index is 0.0414. The lowest BCUT2D eigenvalue weighted by Crippen LogP contribution is -2.48. The van der Waals surface area contributed by atoms with Crippen LogP contribution in [0.1, 0.15) is 25.3 Å². The molecule has 0 saturated carbocycles. The van der Waals surface area contributed by atoms with E-state index in [1.54, 1.807) is 4.90 Å². The summed E-state index contributed by atoms with van der Waals surface area (Å²) in [6.07, 6.45) is 1.54. The number of nitrogens with zero attached hydrogens (tertiary/aromatic N) is 6. The third-order valence-corrected chi connectivity index (χ3v) is 5.12. The number of likely N-dealkylation sites (tertiary alicyclic amines) is 1. The van der Waals surface area contributed by atoms with Gasteiger partial charge in [-0.1, -0.05) is 36.8 Å². The van der Waals surface area contributed by atoms with Crippen molar-refractivity contribution >= 4 is 11.9 Å². The van der Waals surface area contributed by atoms with Crippen LogP contribution in [0.5, 0.6) is 0 Å². The van der Waals surface area contributed by atoms with Crippen LogP contribution in [-0.2, 0) is 16.1 Å².